The van der Waals surface area contributed by atoms with E-state index in [2.05, 4.69) is 22.9 Å². The van der Waals surface area contributed by atoms with Gasteiger partial charge in [-0.15, -0.1) is 0 Å². The summed E-state index contributed by atoms with van der Waals surface area (Å²) in [6.07, 6.45) is 13.2. The van der Waals surface area contributed by atoms with Crippen LogP contribution in [0.5, 0.6) is 0 Å². The lowest BCUT2D eigenvalue weighted by molar-refractivity contribution is -0.118. The third-order valence-electron chi connectivity index (χ3n) is 8.58. The van der Waals surface area contributed by atoms with Crippen molar-refractivity contribution in [3.05, 3.63) is 29.8 Å². The van der Waals surface area contributed by atoms with Crippen LogP contribution < -0.4 is 21.7 Å². The molecule has 2 saturated carbocycles. The van der Waals surface area contributed by atoms with Crippen molar-refractivity contribution in [1.29, 1.82) is 0 Å². The van der Waals surface area contributed by atoms with Crippen LogP contribution in [0, 0.1) is 17.8 Å². The second-order valence-corrected chi connectivity index (χ2v) is 12.4. The van der Waals surface area contributed by atoms with Crippen LogP contribution >= 0.6 is 0 Å². The van der Waals surface area contributed by atoms with Crippen LogP contribution in [0.2, 0.25) is 0 Å². The van der Waals surface area contributed by atoms with Crippen molar-refractivity contribution in [1.82, 2.24) is 15.0 Å². The molecule has 238 valence electrons. The fraction of sp³-hybridized carbons (Fsp3) is 0.697. The SMILES string of the molecule is CC1CCC(CNc2nc(NCC3CCCCC3)nc(Nc3ccc(CC(=O)CCCOCCOCCN)cc3)n2)CC1. The highest BCUT2D eigenvalue weighted by Gasteiger charge is 2.19. The maximum absolute atomic E-state index is 12.5. The highest BCUT2D eigenvalue weighted by atomic mass is 16.5. The molecule has 10 heteroatoms. The molecule has 0 spiro atoms. The van der Waals surface area contributed by atoms with Crippen molar-refractivity contribution in [2.45, 2.75) is 84.0 Å². The Morgan fingerprint density at radius 3 is 2.05 bits per heavy atom. The number of anilines is 4. The average Bonchev–Trinajstić information content (AvgIpc) is 3.02. The van der Waals surface area contributed by atoms with Crippen LogP contribution in [0.4, 0.5) is 23.5 Å². The van der Waals surface area contributed by atoms with Crippen molar-refractivity contribution in [2.24, 2.45) is 23.5 Å². The molecule has 0 amide bonds. The Labute approximate surface area is 257 Å². The monoisotopic (exact) mass is 595 g/mol. The molecule has 2 aromatic rings. The van der Waals surface area contributed by atoms with Crippen molar-refractivity contribution < 1.29 is 14.3 Å². The maximum Gasteiger partial charge on any atom is 0.233 e. The van der Waals surface area contributed by atoms with Crippen LogP contribution in [-0.2, 0) is 20.7 Å². The largest absolute Gasteiger partial charge is 0.379 e. The zero-order valence-electron chi connectivity index (χ0n) is 26.1. The number of ether oxygens (including phenoxy) is 2. The molecule has 1 aromatic carbocycles. The number of carbonyl (C=O) groups is 1. The minimum absolute atomic E-state index is 0.206. The second-order valence-electron chi connectivity index (χ2n) is 12.4. The van der Waals surface area contributed by atoms with Gasteiger partial charge in [-0.2, -0.15) is 15.0 Å². The summed E-state index contributed by atoms with van der Waals surface area (Å²) in [7, 11) is 0. The summed E-state index contributed by atoms with van der Waals surface area (Å²) in [5, 5.41) is 10.3. The molecule has 0 unspecified atom stereocenters. The van der Waals surface area contributed by atoms with E-state index < -0.39 is 0 Å². The van der Waals surface area contributed by atoms with E-state index in [0.717, 1.165) is 30.3 Å². The van der Waals surface area contributed by atoms with Gasteiger partial charge in [0.1, 0.15) is 5.78 Å². The van der Waals surface area contributed by atoms with Gasteiger partial charge in [-0.3, -0.25) is 4.79 Å². The third kappa shape index (κ3) is 12.7. The van der Waals surface area contributed by atoms with Gasteiger partial charge in [0.25, 0.3) is 0 Å². The molecule has 2 aliphatic rings. The zero-order valence-corrected chi connectivity index (χ0v) is 26.1. The van der Waals surface area contributed by atoms with Crippen molar-refractivity contribution in [3.63, 3.8) is 0 Å². The summed E-state index contributed by atoms with van der Waals surface area (Å²) < 4.78 is 10.8. The first-order valence-corrected chi connectivity index (χ1v) is 16.5. The Morgan fingerprint density at radius 2 is 1.40 bits per heavy atom. The van der Waals surface area contributed by atoms with Crippen LogP contribution in [-0.4, -0.2) is 66.8 Å². The number of ketones is 1. The van der Waals surface area contributed by atoms with Gasteiger partial charge in [-0.1, -0.05) is 51.2 Å². The molecular weight excluding hydrogens is 542 g/mol. The summed E-state index contributed by atoms with van der Waals surface area (Å²) in [6, 6.07) is 7.92. The quantitative estimate of drug-likeness (QED) is 0.149. The third-order valence-corrected chi connectivity index (χ3v) is 8.58. The molecule has 1 heterocycles. The van der Waals surface area contributed by atoms with Crippen molar-refractivity contribution >= 4 is 29.3 Å². The summed E-state index contributed by atoms with van der Waals surface area (Å²) in [5.74, 6) is 4.10. The first kappa shape index (κ1) is 33.1. The Hall–Kier alpha value is -2.82. The lowest BCUT2D eigenvalue weighted by Gasteiger charge is -2.26. The van der Waals surface area contributed by atoms with E-state index in [1.807, 2.05) is 24.3 Å². The summed E-state index contributed by atoms with van der Waals surface area (Å²) >= 11 is 0. The minimum atomic E-state index is 0.206. The number of rotatable bonds is 19. The lowest BCUT2D eigenvalue weighted by atomic mass is 9.83. The molecule has 2 fully saturated rings. The van der Waals surface area contributed by atoms with Gasteiger partial charge in [-0.25, -0.2) is 0 Å². The highest BCUT2D eigenvalue weighted by Crippen LogP contribution is 2.28. The van der Waals surface area contributed by atoms with Crippen molar-refractivity contribution in [3.8, 4) is 0 Å². The number of carbonyl (C=O) groups excluding carboxylic acids is 1. The van der Waals surface area contributed by atoms with Gasteiger partial charge >= 0.3 is 0 Å². The Balaban J connectivity index is 1.27. The molecule has 43 heavy (non-hydrogen) atoms. The number of aromatic nitrogens is 3. The number of Topliss-reactive ketones (excluding diaryl/α,β-unsaturated/α-hetero) is 1. The topological polar surface area (TPSA) is 136 Å². The van der Waals surface area contributed by atoms with E-state index in [9.17, 15) is 4.79 Å². The lowest BCUT2D eigenvalue weighted by Crippen LogP contribution is -2.22. The van der Waals surface area contributed by atoms with Gasteiger partial charge in [0.2, 0.25) is 17.8 Å². The number of nitrogens with two attached hydrogens (primary N) is 1. The standard InChI is InChI=1S/C33H53N7O3/c1-25-9-11-28(12-10-25)24-36-32-38-31(35-23-27-6-3-2-4-7-27)39-33(40-32)37-29-15-13-26(14-16-29)22-30(41)8-5-18-42-20-21-43-19-17-34/h13-16,25,27-28H,2-12,17-24,34H2,1H3,(H3,35,36,37,38,39,40). The number of nitrogens with zero attached hydrogens (tertiary/aromatic N) is 3. The Bertz CT molecular complexity index is 1070. The molecule has 0 radical (unpaired) electrons. The Morgan fingerprint density at radius 1 is 0.791 bits per heavy atom. The first-order chi connectivity index (χ1) is 21.1. The molecule has 0 aliphatic heterocycles. The summed E-state index contributed by atoms with van der Waals surface area (Å²) in [6.45, 7) is 6.80. The van der Waals surface area contributed by atoms with E-state index >= 15 is 0 Å². The highest BCUT2D eigenvalue weighted by molar-refractivity contribution is 5.81. The van der Waals surface area contributed by atoms with Crippen LogP contribution in [0.1, 0.15) is 83.1 Å². The predicted molar refractivity (Wildman–Crippen MR) is 173 cm³/mol. The molecule has 0 bridgehead atoms. The first-order valence-electron chi connectivity index (χ1n) is 16.5. The molecule has 10 nitrogen and oxygen atoms in total. The second kappa shape index (κ2) is 18.8. The molecular formula is C33H53N7O3. The number of hydrogen-bond donors (Lipinski definition) is 4. The van der Waals surface area contributed by atoms with Gasteiger partial charge < -0.3 is 31.2 Å². The van der Waals surface area contributed by atoms with Crippen LogP contribution in [0.3, 0.4) is 0 Å². The fourth-order valence-corrected chi connectivity index (χ4v) is 5.91. The van der Waals surface area contributed by atoms with E-state index in [0.29, 0.717) is 81.9 Å². The van der Waals surface area contributed by atoms with Gasteiger partial charge in [0, 0.05) is 44.8 Å². The average molecular weight is 596 g/mol. The minimum Gasteiger partial charge on any atom is -0.379 e. The van der Waals surface area contributed by atoms with E-state index in [1.165, 1.54) is 57.8 Å². The van der Waals surface area contributed by atoms with Gasteiger partial charge in [0.05, 0.1) is 19.8 Å². The number of hydrogen-bond acceptors (Lipinski definition) is 10. The predicted octanol–water partition coefficient (Wildman–Crippen LogP) is 5.73. The van der Waals surface area contributed by atoms with Gasteiger partial charge in [-0.05, 0) is 67.6 Å². The molecule has 0 atom stereocenters. The van der Waals surface area contributed by atoms with Crippen LogP contribution in [0.25, 0.3) is 0 Å². The number of nitrogens with one attached hydrogen (secondary N) is 3. The fourth-order valence-electron chi connectivity index (χ4n) is 5.91. The molecule has 1 aromatic heterocycles. The smallest absolute Gasteiger partial charge is 0.233 e. The molecule has 2 aliphatic carbocycles. The van der Waals surface area contributed by atoms with Gasteiger partial charge in [0.15, 0.2) is 0 Å². The van der Waals surface area contributed by atoms with E-state index in [4.69, 9.17) is 30.2 Å². The maximum atomic E-state index is 12.5. The van der Waals surface area contributed by atoms with E-state index in [-0.39, 0.29) is 5.78 Å². The number of benzene rings is 1. The normalized spacial score (nSPS) is 19.2. The van der Waals surface area contributed by atoms with Crippen LogP contribution in [0.15, 0.2) is 24.3 Å². The summed E-state index contributed by atoms with van der Waals surface area (Å²) in [4.78, 5) is 26.6. The Kier molecular flexibility index (Phi) is 14.4. The van der Waals surface area contributed by atoms with E-state index in [1.54, 1.807) is 0 Å². The molecule has 5 N–H and O–H groups in total. The zero-order chi connectivity index (χ0) is 30.1. The van der Waals surface area contributed by atoms with Crippen molar-refractivity contribution in [2.75, 3.05) is 62.0 Å². The molecule has 0 saturated heterocycles. The summed E-state index contributed by atoms with van der Waals surface area (Å²) in [5.41, 5.74) is 7.25. The molecule has 4 rings (SSSR count).